The van der Waals surface area contributed by atoms with Crippen LogP contribution in [-0.2, 0) is 23.9 Å². The highest BCUT2D eigenvalue weighted by atomic mass is 16.6. The van der Waals surface area contributed by atoms with Gasteiger partial charge in [0.05, 0.1) is 0 Å². The Morgan fingerprint density at radius 3 is 1.83 bits per heavy atom. The average Bonchev–Trinajstić information content (AvgIpc) is 4.01. The van der Waals surface area contributed by atoms with Crippen molar-refractivity contribution in [2.75, 3.05) is 37.8 Å². The lowest BCUT2D eigenvalue weighted by molar-refractivity contribution is -0.140. The minimum Gasteiger partial charge on any atom is -0.444 e. The lowest BCUT2D eigenvalue weighted by Gasteiger charge is -2.31. The van der Waals surface area contributed by atoms with Crippen LogP contribution in [0.2, 0.25) is 0 Å². The molecule has 3 heterocycles. The van der Waals surface area contributed by atoms with Crippen LogP contribution in [0.15, 0.2) is 109 Å². The smallest absolute Gasteiger partial charge is 0.408 e. The molecule has 0 saturated carbocycles. The molecule has 5 aromatic rings. The van der Waals surface area contributed by atoms with E-state index in [1.165, 1.54) is 0 Å². The molecule has 4 aromatic carbocycles. The van der Waals surface area contributed by atoms with E-state index in [1.54, 1.807) is 54.8 Å². The van der Waals surface area contributed by atoms with Crippen molar-refractivity contribution in [3.8, 4) is 11.3 Å². The lowest BCUT2D eigenvalue weighted by Crippen LogP contribution is -2.49. The zero-order valence-electron chi connectivity index (χ0n) is 34.7. The number of likely N-dealkylation sites (N-methyl/N-ethyl adjacent to an activating group) is 1. The molecule has 5 amide bonds. The number of ether oxygens (including phenoxy) is 1. The number of H-pyrrole nitrogens is 1. The number of alkyl carbamates (subject to hydrolysis) is 1. The highest BCUT2D eigenvalue weighted by Gasteiger charge is 2.40. The average molecular weight is 812 g/mol. The lowest BCUT2D eigenvalue weighted by atomic mass is 10.0. The van der Waals surface area contributed by atoms with Crippen LogP contribution in [0.4, 0.5) is 16.2 Å². The summed E-state index contributed by atoms with van der Waals surface area (Å²) >= 11 is 0. The maximum atomic E-state index is 14.0. The van der Waals surface area contributed by atoms with E-state index in [4.69, 9.17) is 4.74 Å². The molecule has 0 spiro atoms. The number of nitrogens with one attached hydrogen (secondary N) is 4. The molecule has 0 bridgehead atoms. The number of nitrogens with zero attached hydrogens (tertiary/aromatic N) is 3. The molecule has 1 aromatic heterocycles. The summed E-state index contributed by atoms with van der Waals surface area (Å²) in [6.07, 6.45) is 1.77. The van der Waals surface area contributed by atoms with Crippen LogP contribution >= 0.6 is 0 Å². The van der Waals surface area contributed by atoms with Crippen molar-refractivity contribution in [1.82, 2.24) is 25.0 Å². The Balaban J connectivity index is 0.991. The molecule has 2 aliphatic heterocycles. The summed E-state index contributed by atoms with van der Waals surface area (Å²) in [6, 6.07) is 30.9. The van der Waals surface area contributed by atoms with Crippen molar-refractivity contribution >= 4 is 52.0 Å². The van der Waals surface area contributed by atoms with Crippen LogP contribution in [0, 0.1) is 0 Å². The molecule has 0 aliphatic carbocycles. The van der Waals surface area contributed by atoms with Crippen LogP contribution in [0.25, 0.3) is 22.2 Å². The SMILES string of the molecule is CN(C)[C@@H](C(=O)N1CCC[C@H]1C(=O)Nc1ccc(-c2cc3cc(NC(=O)[C@@H]4CCCN4C(=O)[C@H](NC(=O)OC(C)(C)C)c4ccccc4)ccc3[nH]2)cc1)c1ccccc1. The van der Waals surface area contributed by atoms with Gasteiger partial charge < -0.3 is 35.5 Å². The second kappa shape index (κ2) is 17.8. The van der Waals surface area contributed by atoms with Crippen molar-refractivity contribution in [3.05, 3.63) is 120 Å². The van der Waals surface area contributed by atoms with Gasteiger partial charge in [0.25, 0.3) is 5.91 Å². The van der Waals surface area contributed by atoms with Gasteiger partial charge in [-0.2, -0.15) is 0 Å². The van der Waals surface area contributed by atoms with Gasteiger partial charge in [-0.3, -0.25) is 24.1 Å². The Morgan fingerprint density at radius 2 is 1.25 bits per heavy atom. The number of aromatic amines is 1. The second-order valence-electron chi connectivity index (χ2n) is 16.7. The molecule has 0 radical (unpaired) electrons. The topological polar surface area (TPSA) is 156 Å². The number of benzene rings is 4. The maximum Gasteiger partial charge on any atom is 0.408 e. The molecule has 7 rings (SSSR count). The van der Waals surface area contributed by atoms with E-state index in [0.29, 0.717) is 49.3 Å². The number of hydrogen-bond donors (Lipinski definition) is 4. The Kier molecular flexibility index (Phi) is 12.4. The fourth-order valence-corrected chi connectivity index (χ4v) is 8.13. The van der Waals surface area contributed by atoms with Gasteiger partial charge in [-0.05, 0) is 114 Å². The first-order valence-electron chi connectivity index (χ1n) is 20.5. The number of amides is 5. The fourth-order valence-electron chi connectivity index (χ4n) is 8.13. The molecule has 60 heavy (non-hydrogen) atoms. The number of fused-ring (bicyclic) bond motifs is 1. The van der Waals surface area contributed by atoms with Crippen molar-refractivity contribution in [2.45, 2.75) is 76.2 Å². The molecule has 4 N–H and O–H groups in total. The first-order chi connectivity index (χ1) is 28.8. The Morgan fingerprint density at radius 1 is 0.700 bits per heavy atom. The van der Waals surface area contributed by atoms with Gasteiger partial charge in [-0.25, -0.2) is 4.79 Å². The summed E-state index contributed by atoms with van der Waals surface area (Å²) < 4.78 is 5.46. The summed E-state index contributed by atoms with van der Waals surface area (Å²) in [5.74, 6) is -0.985. The molecule has 2 saturated heterocycles. The highest BCUT2D eigenvalue weighted by molar-refractivity contribution is 6.01. The first-order valence-corrected chi connectivity index (χ1v) is 20.5. The Labute approximate surface area is 350 Å². The molecule has 2 aliphatic rings. The molecule has 2 fully saturated rings. The fraction of sp³-hybridized carbons (Fsp3) is 0.340. The minimum atomic E-state index is -1.02. The van der Waals surface area contributed by atoms with Crippen molar-refractivity contribution in [2.24, 2.45) is 0 Å². The van der Waals surface area contributed by atoms with E-state index in [9.17, 15) is 24.0 Å². The number of likely N-dealkylation sites (tertiary alicyclic amines) is 2. The molecule has 4 atom stereocenters. The predicted octanol–water partition coefficient (Wildman–Crippen LogP) is 7.26. The van der Waals surface area contributed by atoms with Crippen LogP contribution in [-0.4, -0.2) is 94.3 Å². The van der Waals surface area contributed by atoms with Gasteiger partial charge in [-0.15, -0.1) is 0 Å². The monoisotopic (exact) mass is 811 g/mol. The van der Waals surface area contributed by atoms with Gasteiger partial charge >= 0.3 is 6.09 Å². The highest BCUT2D eigenvalue weighted by Crippen LogP contribution is 2.31. The van der Waals surface area contributed by atoms with Crippen LogP contribution < -0.4 is 16.0 Å². The van der Waals surface area contributed by atoms with E-state index in [1.807, 2.05) is 104 Å². The quantitative estimate of drug-likeness (QED) is 0.109. The molecule has 0 unspecified atom stereocenters. The van der Waals surface area contributed by atoms with Gasteiger partial charge in [0.2, 0.25) is 17.7 Å². The van der Waals surface area contributed by atoms with Crippen LogP contribution in [0.1, 0.15) is 69.7 Å². The number of carbonyl (C=O) groups excluding carboxylic acids is 5. The van der Waals surface area contributed by atoms with Gasteiger partial charge in [0.15, 0.2) is 0 Å². The normalized spacial score (nSPS) is 17.6. The number of aromatic nitrogens is 1. The zero-order valence-corrected chi connectivity index (χ0v) is 34.7. The third-order valence-electron chi connectivity index (χ3n) is 10.9. The Hall–Kier alpha value is -6.47. The van der Waals surface area contributed by atoms with Crippen molar-refractivity contribution < 1.29 is 28.7 Å². The van der Waals surface area contributed by atoms with Gasteiger partial charge in [0, 0.05) is 41.1 Å². The van der Waals surface area contributed by atoms with Crippen LogP contribution in [0.5, 0.6) is 0 Å². The van der Waals surface area contributed by atoms with E-state index in [-0.39, 0.29) is 23.6 Å². The summed E-state index contributed by atoms with van der Waals surface area (Å²) in [7, 11) is 3.75. The first kappa shape index (κ1) is 41.7. The minimum absolute atomic E-state index is 0.0852. The number of anilines is 2. The molecule has 13 nitrogen and oxygen atoms in total. The summed E-state index contributed by atoms with van der Waals surface area (Å²) in [5.41, 5.74) is 4.57. The second-order valence-corrected chi connectivity index (χ2v) is 16.7. The van der Waals surface area contributed by atoms with E-state index in [2.05, 4.69) is 20.9 Å². The van der Waals surface area contributed by atoms with Crippen LogP contribution in [0.3, 0.4) is 0 Å². The zero-order chi connectivity index (χ0) is 42.6. The third-order valence-corrected chi connectivity index (χ3v) is 10.9. The van der Waals surface area contributed by atoms with Crippen molar-refractivity contribution in [3.63, 3.8) is 0 Å². The number of carbonyl (C=O) groups is 5. The van der Waals surface area contributed by atoms with E-state index in [0.717, 1.165) is 34.1 Å². The molecular weight excluding hydrogens is 759 g/mol. The number of rotatable bonds is 11. The van der Waals surface area contributed by atoms with Crippen molar-refractivity contribution in [1.29, 1.82) is 0 Å². The predicted molar refractivity (Wildman–Crippen MR) is 232 cm³/mol. The molecular formula is C47H53N7O6. The molecule has 13 heteroatoms. The van der Waals surface area contributed by atoms with E-state index < -0.39 is 35.9 Å². The van der Waals surface area contributed by atoms with E-state index >= 15 is 0 Å². The third kappa shape index (κ3) is 9.52. The maximum absolute atomic E-state index is 14.0. The summed E-state index contributed by atoms with van der Waals surface area (Å²) in [6.45, 7) is 6.17. The van der Waals surface area contributed by atoms with Gasteiger partial charge in [0.1, 0.15) is 29.8 Å². The standard InChI is InChI=1S/C47H53N7O6/c1-47(2,3)60-46(59)51-40(31-14-8-6-9-15-31)44(57)53-26-12-18-38(53)43(56)49-35-24-25-36-33(28-35)29-37(50-36)30-20-22-34(23-21-30)48-42(55)39-19-13-27-54(39)45(58)41(52(4)5)32-16-10-7-11-17-32/h6-11,14-17,20-25,28-29,38-41,50H,12-13,18-19,26-27H2,1-5H3,(H,48,55)(H,49,56)(H,51,59)/t38-,39-,40+,41+/m0/s1. The summed E-state index contributed by atoms with van der Waals surface area (Å²) in [5, 5.41) is 9.65. The largest absolute Gasteiger partial charge is 0.444 e. The van der Waals surface area contributed by atoms with Gasteiger partial charge in [-0.1, -0.05) is 72.8 Å². The summed E-state index contributed by atoms with van der Waals surface area (Å²) in [4.78, 5) is 76.5. The molecule has 312 valence electrons. The Bertz CT molecular complexity index is 2340. The number of hydrogen-bond acceptors (Lipinski definition) is 7.